The van der Waals surface area contributed by atoms with E-state index in [0.717, 1.165) is 37.6 Å². The minimum Gasteiger partial charge on any atom is -0.378 e. The number of hydrogen-bond donors (Lipinski definition) is 0. The van der Waals surface area contributed by atoms with Crippen molar-refractivity contribution >= 4 is 17.2 Å². The molecule has 0 bridgehead atoms. The fourth-order valence-electron chi connectivity index (χ4n) is 2.97. The van der Waals surface area contributed by atoms with Crippen molar-refractivity contribution < 1.29 is 14.5 Å². The minimum absolute atomic E-state index is 0.0337. The summed E-state index contributed by atoms with van der Waals surface area (Å²) < 4.78 is 5.35. The SMILES string of the molecule is Cc1cc(C(=O)Cc2ccc(N3CCOCC3)cc2)ccc1[N+](=O)[O-]. The lowest BCUT2D eigenvalue weighted by molar-refractivity contribution is -0.385. The van der Waals surface area contributed by atoms with Crippen LogP contribution in [0.3, 0.4) is 0 Å². The Morgan fingerprint density at radius 2 is 1.84 bits per heavy atom. The lowest BCUT2D eigenvalue weighted by Gasteiger charge is -2.28. The predicted molar refractivity (Wildman–Crippen MR) is 95.3 cm³/mol. The first-order valence-corrected chi connectivity index (χ1v) is 8.24. The summed E-state index contributed by atoms with van der Waals surface area (Å²) in [6.45, 7) is 4.87. The number of morpholine rings is 1. The van der Waals surface area contributed by atoms with Gasteiger partial charge in [-0.25, -0.2) is 0 Å². The Morgan fingerprint density at radius 1 is 1.16 bits per heavy atom. The number of Topliss-reactive ketones (excluding diaryl/α,β-unsaturated/α-hetero) is 1. The summed E-state index contributed by atoms with van der Waals surface area (Å²) in [6.07, 6.45) is 0.278. The summed E-state index contributed by atoms with van der Waals surface area (Å²) >= 11 is 0. The van der Waals surface area contributed by atoms with Crippen molar-refractivity contribution in [2.24, 2.45) is 0 Å². The predicted octanol–water partition coefficient (Wildman–Crippen LogP) is 3.17. The highest BCUT2D eigenvalue weighted by Gasteiger charge is 2.15. The summed E-state index contributed by atoms with van der Waals surface area (Å²) in [4.78, 5) is 25.1. The summed E-state index contributed by atoms with van der Waals surface area (Å²) in [5.74, 6) is -0.0443. The summed E-state index contributed by atoms with van der Waals surface area (Å²) in [5.41, 5.74) is 3.09. The molecule has 6 heteroatoms. The molecule has 1 saturated heterocycles. The molecule has 2 aromatic carbocycles. The van der Waals surface area contributed by atoms with Crippen LogP contribution in [0.15, 0.2) is 42.5 Å². The molecule has 1 fully saturated rings. The molecule has 0 saturated carbocycles. The zero-order valence-corrected chi connectivity index (χ0v) is 14.1. The van der Waals surface area contributed by atoms with Gasteiger partial charge in [-0.1, -0.05) is 12.1 Å². The van der Waals surface area contributed by atoms with Crippen molar-refractivity contribution in [3.63, 3.8) is 0 Å². The summed E-state index contributed by atoms with van der Waals surface area (Å²) in [5, 5.41) is 10.9. The molecule has 0 atom stereocenters. The summed E-state index contributed by atoms with van der Waals surface area (Å²) in [7, 11) is 0. The number of hydrogen-bond acceptors (Lipinski definition) is 5. The van der Waals surface area contributed by atoms with Crippen molar-refractivity contribution in [2.45, 2.75) is 13.3 Å². The van der Waals surface area contributed by atoms with Gasteiger partial charge in [-0.2, -0.15) is 0 Å². The van der Waals surface area contributed by atoms with Gasteiger partial charge in [0, 0.05) is 42.4 Å². The molecular formula is C19H20N2O4. The van der Waals surface area contributed by atoms with E-state index in [4.69, 9.17) is 4.74 Å². The topological polar surface area (TPSA) is 72.7 Å². The minimum atomic E-state index is -0.437. The second-order valence-corrected chi connectivity index (χ2v) is 6.12. The molecule has 130 valence electrons. The lowest BCUT2D eigenvalue weighted by Crippen LogP contribution is -2.36. The van der Waals surface area contributed by atoms with Crippen molar-refractivity contribution in [3.8, 4) is 0 Å². The van der Waals surface area contributed by atoms with Crippen LogP contribution in [-0.2, 0) is 11.2 Å². The average molecular weight is 340 g/mol. The number of carbonyl (C=O) groups excluding carboxylic acids is 1. The van der Waals surface area contributed by atoms with Crippen LogP contribution in [0.5, 0.6) is 0 Å². The molecule has 25 heavy (non-hydrogen) atoms. The Kier molecular flexibility index (Phi) is 5.09. The standard InChI is InChI=1S/C19H20N2O4/c1-14-12-16(4-7-18(14)21(23)24)19(22)13-15-2-5-17(6-3-15)20-8-10-25-11-9-20/h2-7,12H,8-11,13H2,1H3. The Labute approximate surface area is 146 Å². The second-order valence-electron chi connectivity index (χ2n) is 6.12. The smallest absolute Gasteiger partial charge is 0.272 e. The number of aryl methyl sites for hydroxylation is 1. The molecule has 1 aliphatic rings. The van der Waals surface area contributed by atoms with Crippen LogP contribution in [-0.4, -0.2) is 37.0 Å². The first-order chi connectivity index (χ1) is 12.0. The zero-order chi connectivity index (χ0) is 17.8. The number of anilines is 1. The van der Waals surface area contributed by atoms with Gasteiger partial charge in [-0.15, -0.1) is 0 Å². The molecule has 0 unspecified atom stereocenters. The van der Waals surface area contributed by atoms with Gasteiger partial charge in [0.1, 0.15) is 0 Å². The van der Waals surface area contributed by atoms with Crippen LogP contribution in [0.25, 0.3) is 0 Å². The van der Waals surface area contributed by atoms with Gasteiger partial charge < -0.3 is 9.64 Å². The van der Waals surface area contributed by atoms with E-state index >= 15 is 0 Å². The molecule has 0 aromatic heterocycles. The molecule has 6 nitrogen and oxygen atoms in total. The molecule has 1 aliphatic heterocycles. The van der Waals surface area contributed by atoms with Gasteiger partial charge >= 0.3 is 0 Å². The molecule has 0 N–H and O–H groups in total. The van der Waals surface area contributed by atoms with Gasteiger partial charge in [0.05, 0.1) is 18.1 Å². The number of rotatable bonds is 5. The number of nitro benzene ring substituents is 1. The highest BCUT2D eigenvalue weighted by atomic mass is 16.6. The first-order valence-electron chi connectivity index (χ1n) is 8.24. The van der Waals surface area contributed by atoms with Crippen molar-refractivity contribution in [1.82, 2.24) is 0 Å². The Bertz CT molecular complexity index is 781. The zero-order valence-electron chi connectivity index (χ0n) is 14.1. The highest BCUT2D eigenvalue weighted by Crippen LogP contribution is 2.21. The monoisotopic (exact) mass is 340 g/mol. The van der Waals surface area contributed by atoms with Gasteiger partial charge in [0.2, 0.25) is 0 Å². The second kappa shape index (κ2) is 7.44. The molecule has 3 rings (SSSR count). The maximum atomic E-state index is 12.4. The van der Waals surface area contributed by atoms with Crippen LogP contribution in [0.2, 0.25) is 0 Å². The number of nitro groups is 1. The van der Waals surface area contributed by atoms with Crippen molar-refractivity contribution in [3.05, 3.63) is 69.3 Å². The average Bonchev–Trinajstić information content (AvgIpc) is 2.62. The van der Waals surface area contributed by atoms with Crippen LogP contribution < -0.4 is 4.90 Å². The maximum Gasteiger partial charge on any atom is 0.272 e. The van der Waals surface area contributed by atoms with Crippen LogP contribution >= 0.6 is 0 Å². The van der Waals surface area contributed by atoms with Gasteiger partial charge in [0.25, 0.3) is 5.69 Å². The molecule has 0 aliphatic carbocycles. The van der Waals surface area contributed by atoms with Crippen molar-refractivity contribution in [2.75, 3.05) is 31.2 Å². The molecule has 1 heterocycles. The van der Waals surface area contributed by atoms with Crippen LogP contribution in [0.4, 0.5) is 11.4 Å². The van der Waals surface area contributed by atoms with E-state index in [1.807, 2.05) is 24.3 Å². The molecular weight excluding hydrogens is 320 g/mol. The quantitative estimate of drug-likeness (QED) is 0.475. The van der Waals surface area contributed by atoms with E-state index in [1.165, 1.54) is 12.1 Å². The third-order valence-electron chi connectivity index (χ3n) is 4.39. The fourth-order valence-corrected chi connectivity index (χ4v) is 2.97. The third-order valence-corrected chi connectivity index (χ3v) is 4.39. The third kappa shape index (κ3) is 4.03. The normalized spacial score (nSPS) is 14.4. The summed E-state index contributed by atoms with van der Waals surface area (Å²) in [6, 6.07) is 12.5. The van der Waals surface area contributed by atoms with Crippen LogP contribution in [0, 0.1) is 17.0 Å². The van der Waals surface area contributed by atoms with E-state index in [-0.39, 0.29) is 17.9 Å². The van der Waals surface area contributed by atoms with Gasteiger partial charge in [-0.3, -0.25) is 14.9 Å². The maximum absolute atomic E-state index is 12.4. The number of carbonyl (C=O) groups is 1. The first kappa shape index (κ1) is 17.1. The van der Waals surface area contributed by atoms with Crippen LogP contribution in [0.1, 0.15) is 21.5 Å². The molecule has 0 spiro atoms. The van der Waals surface area contributed by atoms with E-state index < -0.39 is 4.92 Å². The van der Waals surface area contributed by atoms with E-state index in [9.17, 15) is 14.9 Å². The van der Waals surface area contributed by atoms with E-state index in [0.29, 0.717) is 11.1 Å². The van der Waals surface area contributed by atoms with Gasteiger partial charge in [-0.05, 0) is 36.8 Å². The molecule has 2 aromatic rings. The Hall–Kier alpha value is -2.73. The molecule has 0 amide bonds. The van der Waals surface area contributed by atoms with E-state index in [2.05, 4.69) is 4.90 Å². The largest absolute Gasteiger partial charge is 0.378 e. The number of ketones is 1. The van der Waals surface area contributed by atoms with Crippen molar-refractivity contribution in [1.29, 1.82) is 0 Å². The van der Waals surface area contributed by atoms with Gasteiger partial charge in [0.15, 0.2) is 5.78 Å². The number of benzene rings is 2. The fraction of sp³-hybridized carbons (Fsp3) is 0.316. The number of ether oxygens (including phenoxy) is 1. The Balaban J connectivity index is 1.68. The number of nitrogens with zero attached hydrogens (tertiary/aromatic N) is 2. The lowest BCUT2D eigenvalue weighted by atomic mass is 10.0. The highest BCUT2D eigenvalue weighted by molar-refractivity contribution is 5.98. The van der Waals surface area contributed by atoms with E-state index in [1.54, 1.807) is 13.0 Å². The Morgan fingerprint density at radius 3 is 2.44 bits per heavy atom. The molecule has 0 radical (unpaired) electrons.